The molecule has 2 aromatic carbocycles. The minimum absolute atomic E-state index is 0.0689. The average Bonchev–Trinajstić information content (AvgIpc) is 3.12. The van der Waals surface area contributed by atoms with Gasteiger partial charge >= 0.3 is 0 Å². The van der Waals surface area contributed by atoms with Gasteiger partial charge in [-0.2, -0.15) is 0 Å². The van der Waals surface area contributed by atoms with Gasteiger partial charge in [0.2, 0.25) is 0 Å². The molecule has 0 amide bonds. The first-order valence-corrected chi connectivity index (χ1v) is 8.99. The van der Waals surface area contributed by atoms with Crippen molar-refractivity contribution >= 4 is 33.4 Å². The lowest BCUT2D eigenvalue weighted by molar-refractivity contribution is 0.402. The molecule has 2 heterocycles. The molecule has 0 saturated heterocycles. The molecule has 4 aromatic rings. The Hall–Kier alpha value is -2.86. The molecule has 0 aliphatic rings. The standard InChI is InChI=1S/C20H18N2O3S/c1-11-7-15-16(8-12(11)2)22-19(23)18(26-20(22)21-15)10-13-9-14(24-3)5-6-17(13)25-4/h5-10H,1-4H3. The van der Waals surface area contributed by atoms with E-state index in [1.54, 1.807) is 18.6 Å². The monoisotopic (exact) mass is 366 g/mol. The van der Waals surface area contributed by atoms with Gasteiger partial charge in [-0.15, -0.1) is 0 Å². The normalized spacial score (nSPS) is 12.2. The summed E-state index contributed by atoms with van der Waals surface area (Å²) in [5, 5.41) is 0. The van der Waals surface area contributed by atoms with E-state index in [9.17, 15) is 4.79 Å². The Labute approximate surface area is 154 Å². The number of nitrogens with zero attached hydrogens (tertiary/aromatic N) is 2. The smallest absolute Gasteiger partial charge is 0.274 e. The van der Waals surface area contributed by atoms with Crippen molar-refractivity contribution in [1.29, 1.82) is 0 Å². The van der Waals surface area contributed by atoms with Crippen LogP contribution in [0, 0.1) is 13.8 Å². The Kier molecular flexibility index (Phi) is 3.92. The lowest BCUT2D eigenvalue weighted by Crippen LogP contribution is -2.22. The molecule has 0 bridgehead atoms. The number of rotatable bonds is 3. The molecule has 0 saturated carbocycles. The molecule has 0 aliphatic carbocycles. The van der Waals surface area contributed by atoms with Crippen LogP contribution in [0.5, 0.6) is 11.5 Å². The summed E-state index contributed by atoms with van der Waals surface area (Å²) in [6.07, 6.45) is 1.83. The molecule has 4 rings (SSSR count). The second-order valence-corrected chi connectivity index (χ2v) is 7.19. The van der Waals surface area contributed by atoms with E-state index in [2.05, 4.69) is 11.9 Å². The van der Waals surface area contributed by atoms with Gasteiger partial charge < -0.3 is 9.47 Å². The molecule has 0 N–H and O–H groups in total. The van der Waals surface area contributed by atoms with E-state index in [0.29, 0.717) is 21.0 Å². The lowest BCUT2D eigenvalue weighted by atomic mass is 10.1. The molecule has 132 valence electrons. The Morgan fingerprint density at radius 2 is 1.85 bits per heavy atom. The van der Waals surface area contributed by atoms with Crippen molar-refractivity contribution in [3.8, 4) is 11.5 Å². The Balaban J connectivity index is 1.99. The molecule has 0 spiro atoms. The van der Waals surface area contributed by atoms with E-state index in [4.69, 9.17) is 9.47 Å². The number of hydrogen-bond acceptors (Lipinski definition) is 5. The first-order chi connectivity index (χ1) is 12.5. The van der Waals surface area contributed by atoms with Crippen LogP contribution in [0.4, 0.5) is 0 Å². The topological polar surface area (TPSA) is 52.8 Å². The number of aromatic nitrogens is 2. The van der Waals surface area contributed by atoms with Gasteiger partial charge in [0, 0.05) is 5.56 Å². The minimum atomic E-state index is -0.0689. The Bertz CT molecular complexity index is 1250. The molecule has 5 nitrogen and oxygen atoms in total. The largest absolute Gasteiger partial charge is 0.497 e. The van der Waals surface area contributed by atoms with Gasteiger partial charge in [0.25, 0.3) is 5.56 Å². The molecule has 0 fully saturated rings. The molecule has 0 aliphatic heterocycles. The number of ether oxygens (including phenoxy) is 2. The van der Waals surface area contributed by atoms with E-state index in [1.165, 1.54) is 16.9 Å². The summed E-state index contributed by atoms with van der Waals surface area (Å²) in [6.45, 7) is 4.09. The van der Waals surface area contributed by atoms with Crippen molar-refractivity contribution in [2.24, 2.45) is 0 Å². The van der Waals surface area contributed by atoms with Gasteiger partial charge in [-0.05, 0) is 61.4 Å². The molecule has 0 unspecified atom stereocenters. The Morgan fingerprint density at radius 3 is 2.58 bits per heavy atom. The van der Waals surface area contributed by atoms with Crippen LogP contribution in [0.1, 0.15) is 16.7 Å². The van der Waals surface area contributed by atoms with Crippen LogP contribution in [-0.4, -0.2) is 23.6 Å². The molecule has 0 atom stereocenters. The van der Waals surface area contributed by atoms with Crippen LogP contribution in [0.25, 0.3) is 22.1 Å². The van der Waals surface area contributed by atoms with Crippen LogP contribution in [0.3, 0.4) is 0 Å². The molecule has 6 heteroatoms. The number of benzene rings is 2. The highest BCUT2D eigenvalue weighted by atomic mass is 32.1. The highest BCUT2D eigenvalue weighted by Gasteiger charge is 2.13. The van der Waals surface area contributed by atoms with E-state index in [0.717, 1.165) is 22.2 Å². The summed E-state index contributed by atoms with van der Waals surface area (Å²) in [7, 11) is 3.22. The maximum atomic E-state index is 13.0. The zero-order chi connectivity index (χ0) is 18.4. The summed E-state index contributed by atoms with van der Waals surface area (Å²) in [4.78, 5) is 18.3. The van der Waals surface area contributed by atoms with Gasteiger partial charge in [0.05, 0.1) is 29.8 Å². The minimum Gasteiger partial charge on any atom is -0.497 e. The second kappa shape index (κ2) is 6.14. The molecule has 2 aromatic heterocycles. The van der Waals surface area contributed by atoms with Gasteiger partial charge in [-0.3, -0.25) is 4.79 Å². The summed E-state index contributed by atoms with van der Waals surface area (Å²) in [5.74, 6) is 1.40. The number of hydrogen-bond donors (Lipinski definition) is 0. The van der Waals surface area contributed by atoms with Crippen LogP contribution in [0.2, 0.25) is 0 Å². The maximum Gasteiger partial charge on any atom is 0.274 e. The zero-order valence-corrected chi connectivity index (χ0v) is 15.8. The van der Waals surface area contributed by atoms with Gasteiger partial charge in [0.1, 0.15) is 11.5 Å². The maximum absolute atomic E-state index is 13.0. The van der Waals surface area contributed by atoms with Crippen molar-refractivity contribution in [1.82, 2.24) is 9.38 Å². The van der Waals surface area contributed by atoms with Crippen molar-refractivity contribution in [2.45, 2.75) is 13.8 Å². The SMILES string of the molecule is COc1ccc(OC)c(C=c2sc3nc4cc(C)c(C)cc4n3c2=O)c1. The summed E-state index contributed by atoms with van der Waals surface area (Å²) in [5.41, 5.74) is 4.74. The van der Waals surface area contributed by atoms with Crippen molar-refractivity contribution in [3.63, 3.8) is 0 Å². The van der Waals surface area contributed by atoms with E-state index >= 15 is 0 Å². The van der Waals surface area contributed by atoms with E-state index < -0.39 is 0 Å². The van der Waals surface area contributed by atoms with Crippen molar-refractivity contribution in [2.75, 3.05) is 14.2 Å². The van der Waals surface area contributed by atoms with E-state index in [-0.39, 0.29) is 5.56 Å². The number of imidazole rings is 1. The summed E-state index contributed by atoms with van der Waals surface area (Å²) < 4.78 is 13.0. The van der Waals surface area contributed by atoms with E-state index in [1.807, 2.05) is 43.3 Å². The van der Waals surface area contributed by atoms with Gasteiger partial charge in [-0.25, -0.2) is 9.38 Å². The number of aryl methyl sites for hydroxylation is 2. The fourth-order valence-corrected chi connectivity index (χ4v) is 3.99. The van der Waals surface area contributed by atoms with Gasteiger partial charge in [-0.1, -0.05) is 11.3 Å². The average molecular weight is 366 g/mol. The third-order valence-electron chi connectivity index (χ3n) is 4.58. The quantitative estimate of drug-likeness (QED) is 0.559. The highest BCUT2D eigenvalue weighted by Crippen LogP contribution is 2.25. The predicted molar refractivity (Wildman–Crippen MR) is 105 cm³/mol. The first-order valence-electron chi connectivity index (χ1n) is 8.18. The van der Waals surface area contributed by atoms with Crippen LogP contribution >= 0.6 is 11.3 Å². The van der Waals surface area contributed by atoms with Crippen molar-refractivity contribution in [3.05, 3.63) is 61.9 Å². The van der Waals surface area contributed by atoms with Crippen molar-refractivity contribution < 1.29 is 9.47 Å². The first kappa shape index (κ1) is 16.6. The fourth-order valence-electron chi connectivity index (χ4n) is 3.01. The predicted octanol–water partition coefficient (Wildman–Crippen LogP) is 3.09. The number of methoxy groups -OCH3 is 2. The van der Waals surface area contributed by atoms with Crippen LogP contribution in [-0.2, 0) is 0 Å². The lowest BCUT2D eigenvalue weighted by Gasteiger charge is -2.06. The van der Waals surface area contributed by atoms with Gasteiger partial charge in [0.15, 0.2) is 4.96 Å². The molecular weight excluding hydrogens is 348 g/mol. The summed E-state index contributed by atoms with van der Waals surface area (Å²) >= 11 is 1.38. The highest BCUT2D eigenvalue weighted by molar-refractivity contribution is 7.15. The number of thiazole rings is 1. The zero-order valence-electron chi connectivity index (χ0n) is 15.0. The fraction of sp³-hybridized carbons (Fsp3) is 0.200. The number of fused-ring (bicyclic) bond motifs is 3. The third-order valence-corrected chi connectivity index (χ3v) is 5.55. The Morgan fingerprint density at radius 1 is 1.08 bits per heavy atom. The second-order valence-electron chi connectivity index (χ2n) is 6.18. The molecular formula is C20H18N2O3S. The van der Waals surface area contributed by atoms with Crippen LogP contribution in [0.15, 0.2) is 35.1 Å². The van der Waals surface area contributed by atoms with Crippen LogP contribution < -0.4 is 19.6 Å². The third kappa shape index (κ3) is 2.54. The molecule has 26 heavy (non-hydrogen) atoms. The molecule has 0 radical (unpaired) electrons. The summed E-state index contributed by atoms with van der Waals surface area (Å²) in [6, 6.07) is 9.56.